The third kappa shape index (κ3) is 2.87. The number of carbonyl (C=O) groups excluding carboxylic acids is 2. The Hall–Kier alpha value is -1.43. The molecule has 6 heteroatoms. The lowest BCUT2D eigenvalue weighted by Crippen LogP contribution is -2.34. The number of carbonyl (C=O) groups is 2. The third-order valence-electron chi connectivity index (χ3n) is 2.76. The molecule has 1 aliphatic heterocycles. The van der Waals surface area contributed by atoms with E-state index >= 15 is 0 Å². The van der Waals surface area contributed by atoms with Crippen LogP contribution < -0.4 is 5.32 Å². The molecular formula is C12H12BrFN2O2. The van der Waals surface area contributed by atoms with E-state index in [1.165, 1.54) is 18.2 Å². The van der Waals surface area contributed by atoms with Crippen molar-refractivity contribution < 1.29 is 14.0 Å². The Kier molecular flexibility index (Phi) is 3.96. The normalized spacial score (nSPS) is 16.1. The van der Waals surface area contributed by atoms with E-state index in [2.05, 4.69) is 21.2 Å². The van der Waals surface area contributed by atoms with Crippen LogP contribution in [0.3, 0.4) is 0 Å². The van der Waals surface area contributed by atoms with E-state index in [4.69, 9.17) is 0 Å². The van der Waals surface area contributed by atoms with Crippen LogP contribution in [0.2, 0.25) is 0 Å². The third-order valence-corrected chi connectivity index (χ3v) is 3.42. The van der Waals surface area contributed by atoms with Crippen molar-refractivity contribution in [2.75, 3.05) is 19.6 Å². The van der Waals surface area contributed by atoms with Crippen molar-refractivity contribution in [1.29, 1.82) is 0 Å². The van der Waals surface area contributed by atoms with Crippen molar-refractivity contribution in [2.24, 2.45) is 0 Å². The molecule has 0 unspecified atom stereocenters. The summed E-state index contributed by atoms with van der Waals surface area (Å²) in [4.78, 5) is 25.0. The fourth-order valence-corrected chi connectivity index (χ4v) is 2.32. The van der Waals surface area contributed by atoms with Crippen molar-refractivity contribution in [3.8, 4) is 0 Å². The van der Waals surface area contributed by atoms with E-state index in [1.807, 2.05) is 0 Å². The second kappa shape index (κ2) is 5.48. The second-order valence-corrected chi connectivity index (χ2v) is 4.87. The number of hydrogen-bond acceptors (Lipinski definition) is 2. The number of benzene rings is 1. The van der Waals surface area contributed by atoms with Crippen LogP contribution >= 0.6 is 15.9 Å². The fourth-order valence-electron chi connectivity index (χ4n) is 1.80. The Morgan fingerprint density at radius 1 is 1.39 bits per heavy atom. The molecule has 0 aromatic heterocycles. The average Bonchev–Trinajstić information content (AvgIpc) is 2.53. The smallest absolute Gasteiger partial charge is 0.255 e. The van der Waals surface area contributed by atoms with E-state index in [-0.39, 0.29) is 11.8 Å². The van der Waals surface area contributed by atoms with Gasteiger partial charge in [-0.2, -0.15) is 0 Å². The highest BCUT2D eigenvalue weighted by Crippen LogP contribution is 2.20. The highest BCUT2D eigenvalue weighted by molar-refractivity contribution is 9.10. The van der Waals surface area contributed by atoms with Gasteiger partial charge in [-0.05, 0) is 34.1 Å². The topological polar surface area (TPSA) is 49.4 Å². The Morgan fingerprint density at radius 2 is 2.17 bits per heavy atom. The zero-order chi connectivity index (χ0) is 13.1. The van der Waals surface area contributed by atoms with Crippen LogP contribution in [-0.4, -0.2) is 36.3 Å². The fraction of sp³-hybridized carbons (Fsp3) is 0.333. The minimum atomic E-state index is -0.397. The first kappa shape index (κ1) is 13.0. The molecule has 1 N–H and O–H groups in total. The van der Waals surface area contributed by atoms with Gasteiger partial charge in [-0.15, -0.1) is 0 Å². The SMILES string of the molecule is O=C1CCN(C(=O)c2ccc(F)cc2Br)CCN1. The Bertz CT molecular complexity index is 493. The Morgan fingerprint density at radius 3 is 2.89 bits per heavy atom. The van der Waals surface area contributed by atoms with Gasteiger partial charge < -0.3 is 10.2 Å². The molecule has 2 rings (SSSR count). The average molecular weight is 315 g/mol. The standard InChI is InChI=1S/C12H12BrFN2O2/c13-10-7-8(14)1-2-9(10)12(18)16-5-3-11(17)15-4-6-16/h1-2,7H,3-6H2,(H,15,17). The maximum absolute atomic E-state index is 13.0. The van der Waals surface area contributed by atoms with Gasteiger partial charge in [-0.1, -0.05) is 0 Å². The molecule has 1 saturated heterocycles. The van der Waals surface area contributed by atoms with Crippen LogP contribution in [0.25, 0.3) is 0 Å². The summed E-state index contributed by atoms with van der Waals surface area (Å²) in [5.41, 5.74) is 0.408. The first-order valence-corrected chi connectivity index (χ1v) is 6.38. The van der Waals surface area contributed by atoms with Crippen LogP contribution in [0.5, 0.6) is 0 Å². The minimum absolute atomic E-state index is 0.0523. The molecule has 0 saturated carbocycles. The van der Waals surface area contributed by atoms with Crippen molar-refractivity contribution in [1.82, 2.24) is 10.2 Å². The van der Waals surface area contributed by atoms with Crippen LogP contribution in [-0.2, 0) is 4.79 Å². The monoisotopic (exact) mass is 314 g/mol. The Balaban J connectivity index is 2.17. The van der Waals surface area contributed by atoms with Crippen molar-refractivity contribution in [2.45, 2.75) is 6.42 Å². The summed E-state index contributed by atoms with van der Waals surface area (Å²) in [5.74, 6) is -0.645. The number of nitrogens with one attached hydrogen (secondary N) is 1. The summed E-state index contributed by atoms with van der Waals surface area (Å²) >= 11 is 3.18. The van der Waals surface area contributed by atoms with Crippen molar-refractivity contribution >= 4 is 27.7 Å². The van der Waals surface area contributed by atoms with E-state index in [9.17, 15) is 14.0 Å². The van der Waals surface area contributed by atoms with E-state index in [0.29, 0.717) is 36.1 Å². The van der Waals surface area contributed by atoms with E-state index < -0.39 is 5.82 Å². The molecule has 1 fully saturated rings. The lowest BCUT2D eigenvalue weighted by molar-refractivity contribution is -0.120. The molecule has 0 radical (unpaired) electrons. The number of rotatable bonds is 1. The molecule has 2 amide bonds. The maximum atomic E-state index is 13.0. The molecule has 0 bridgehead atoms. The number of nitrogens with zero attached hydrogens (tertiary/aromatic N) is 1. The lowest BCUT2D eigenvalue weighted by atomic mass is 10.2. The van der Waals surface area contributed by atoms with Crippen molar-refractivity contribution in [3.63, 3.8) is 0 Å². The van der Waals surface area contributed by atoms with Crippen molar-refractivity contribution in [3.05, 3.63) is 34.1 Å². The summed E-state index contributed by atoms with van der Waals surface area (Å²) in [6.07, 6.45) is 0.296. The Labute approximate surface area is 112 Å². The molecule has 4 nitrogen and oxygen atoms in total. The minimum Gasteiger partial charge on any atom is -0.354 e. The van der Waals surface area contributed by atoms with Gasteiger partial charge in [-0.3, -0.25) is 9.59 Å². The predicted molar refractivity (Wildman–Crippen MR) is 67.6 cm³/mol. The zero-order valence-electron chi connectivity index (χ0n) is 9.58. The predicted octanol–water partition coefficient (Wildman–Crippen LogP) is 1.55. The van der Waals surface area contributed by atoms with Gasteiger partial charge in [-0.25, -0.2) is 4.39 Å². The summed E-state index contributed by atoms with van der Waals surface area (Å²) < 4.78 is 13.4. The molecule has 1 aromatic carbocycles. The molecule has 0 spiro atoms. The largest absolute Gasteiger partial charge is 0.354 e. The van der Waals surface area contributed by atoms with Gasteiger partial charge >= 0.3 is 0 Å². The number of halogens is 2. The van der Waals surface area contributed by atoms with Crippen LogP contribution in [0.15, 0.2) is 22.7 Å². The number of amides is 2. The quantitative estimate of drug-likeness (QED) is 0.855. The molecule has 96 valence electrons. The first-order chi connectivity index (χ1) is 8.58. The van der Waals surface area contributed by atoms with Gasteiger partial charge in [0.15, 0.2) is 0 Å². The van der Waals surface area contributed by atoms with E-state index in [0.717, 1.165) is 0 Å². The molecule has 18 heavy (non-hydrogen) atoms. The van der Waals surface area contributed by atoms with Crippen LogP contribution in [0.4, 0.5) is 4.39 Å². The van der Waals surface area contributed by atoms with Gasteiger partial charge in [0.1, 0.15) is 5.82 Å². The van der Waals surface area contributed by atoms with E-state index in [1.54, 1.807) is 4.90 Å². The number of hydrogen-bond donors (Lipinski definition) is 1. The van der Waals surface area contributed by atoms with Gasteiger partial charge in [0.25, 0.3) is 5.91 Å². The highest BCUT2D eigenvalue weighted by Gasteiger charge is 2.21. The molecule has 1 aliphatic rings. The van der Waals surface area contributed by atoms with Crippen LogP contribution in [0, 0.1) is 5.82 Å². The first-order valence-electron chi connectivity index (χ1n) is 5.59. The molecule has 1 aromatic rings. The summed E-state index contributed by atoms with van der Waals surface area (Å²) in [7, 11) is 0. The van der Waals surface area contributed by atoms with Gasteiger partial charge in [0.05, 0.1) is 5.56 Å². The highest BCUT2D eigenvalue weighted by atomic mass is 79.9. The molecule has 1 heterocycles. The summed E-state index contributed by atoms with van der Waals surface area (Å²) in [5, 5.41) is 2.70. The molecular weight excluding hydrogens is 303 g/mol. The van der Waals surface area contributed by atoms with Crippen LogP contribution in [0.1, 0.15) is 16.8 Å². The summed E-state index contributed by atoms with van der Waals surface area (Å²) in [6.45, 7) is 1.30. The second-order valence-electron chi connectivity index (χ2n) is 4.02. The maximum Gasteiger partial charge on any atom is 0.255 e. The summed E-state index contributed by atoms with van der Waals surface area (Å²) in [6, 6.07) is 3.95. The lowest BCUT2D eigenvalue weighted by Gasteiger charge is -2.20. The zero-order valence-corrected chi connectivity index (χ0v) is 11.2. The van der Waals surface area contributed by atoms with Gasteiger partial charge in [0, 0.05) is 30.5 Å². The molecule has 0 aliphatic carbocycles. The molecule has 0 atom stereocenters. The van der Waals surface area contributed by atoms with Gasteiger partial charge in [0.2, 0.25) is 5.91 Å².